The van der Waals surface area contributed by atoms with Gasteiger partial charge in [0.1, 0.15) is 5.58 Å². The SMILES string of the molecule is Cc1ccc2c(n1)oc1c(-c3cc(C(C)C)c([Si](C)(C)C)cn3)cccc12. The van der Waals surface area contributed by atoms with Crippen LogP contribution in [0.3, 0.4) is 0 Å². The lowest BCUT2D eigenvalue weighted by Crippen LogP contribution is -2.40. The van der Waals surface area contributed by atoms with E-state index in [1.807, 2.05) is 13.0 Å². The smallest absolute Gasteiger partial charge is 0.227 e. The van der Waals surface area contributed by atoms with Crippen LogP contribution in [0, 0.1) is 6.92 Å². The van der Waals surface area contributed by atoms with Crippen LogP contribution in [0.1, 0.15) is 31.0 Å². The molecule has 0 fully saturated rings. The normalized spacial score (nSPS) is 12.4. The van der Waals surface area contributed by atoms with E-state index in [9.17, 15) is 0 Å². The molecule has 4 rings (SSSR count). The van der Waals surface area contributed by atoms with Gasteiger partial charge in [0.05, 0.1) is 13.8 Å². The van der Waals surface area contributed by atoms with Crippen molar-refractivity contribution in [1.29, 1.82) is 0 Å². The number of aromatic nitrogens is 2. The van der Waals surface area contributed by atoms with E-state index in [0.29, 0.717) is 11.6 Å². The Bertz CT molecular complexity index is 1150. The number of fused-ring (bicyclic) bond motifs is 3. The van der Waals surface area contributed by atoms with Crippen LogP contribution in [0.4, 0.5) is 0 Å². The van der Waals surface area contributed by atoms with Gasteiger partial charge in [-0.3, -0.25) is 4.98 Å². The van der Waals surface area contributed by atoms with Crippen molar-refractivity contribution in [3.05, 3.63) is 53.9 Å². The van der Waals surface area contributed by atoms with Crippen LogP contribution >= 0.6 is 0 Å². The van der Waals surface area contributed by atoms with Gasteiger partial charge in [0, 0.05) is 28.2 Å². The van der Waals surface area contributed by atoms with Crippen molar-refractivity contribution in [2.45, 2.75) is 46.3 Å². The molecule has 0 aliphatic rings. The van der Waals surface area contributed by atoms with E-state index in [-0.39, 0.29) is 0 Å². The summed E-state index contributed by atoms with van der Waals surface area (Å²) in [5.74, 6) is 0.465. The first-order chi connectivity index (χ1) is 12.8. The van der Waals surface area contributed by atoms with Gasteiger partial charge >= 0.3 is 0 Å². The molecule has 27 heavy (non-hydrogen) atoms. The summed E-state index contributed by atoms with van der Waals surface area (Å²) in [5.41, 5.74) is 5.94. The minimum Gasteiger partial charge on any atom is -0.437 e. The number of nitrogens with zero attached hydrogens (tertiary/aromatic N) is 2. The molecule has 138 valence electrons. The Morgan fingerprint density at radius 3 is 2.48 bits per heavy atom. The topological polar surface area (TPSA) is 38.9 Å². The maximum atomic E-state index is 6.17. The van der Waals surface area contributed by atoms with E-state index < -0.39 is 8.07 Å². The number of para-hydroxylation sites is 1. The van der Waals surface area contributed by atoms with Crippen molar-refractivity contribution in [2.75, 3.05) is 0 Å². The zero-order valence-electron chi connectivity index (χ0n) is 16.9. The molecular formula is C23H26N2OSi. The second kappa shape index (κ2) is 6.31. The Morgan fingerprint density at radius 1 is 1.00 bits per heavy atom. The Labute approximate surface area is 161 Å². The molecule has 0 saturated heterocycles. The van der Waals surface area contributed by atoms with Gasteiger partial charge in [-0.2, -0.15) is 0 Å². The summed E-state index contributed by atoms with van der Waals surface area (Å²) in [6, 6.07) is 12.7. The standard InChI is InChI=1S/C23H26N2OSi/c1-14(2)19-12-20(24-13-21(19)27(4,5)6)18-9-7-8-16-17-11-10-15(3)25-23(17)26-22(16)18/h7-14H,1-6H3. The van der Waals surface area contributed by atoms with E-state index >= 15 is 0 Å². The molecule has 0 N–H and O–H groups in total. The van der Waals surface area contributed by atoms with Gasteiger partial charge in [-0.25, -0.2) is 4.98 Å². The molecule has 3 heterocycles. The lowest BCUT2D eigenvalue weighted by atomic mass is 10.0. The predicted octanol–water partition coefficient (Wildman–Crippen LogP) is 6.02. The van der Waals surface area contributed by atoms with Gasteiger partial charge in [-0.1, -0.05) is 45.6 Å². The van der Waals surface area contributed by atoms with Crippen LogP contribution in [0.25, 0.3) is 33.3 Å². The van der Waals surface area contributed by atoms with E-state index in [0.717, 1.165) is 33.3 Å². The van der Waals surface area contributed by atoms with Crippen molar-refractivity contribution in [3.63, 3.8) is 0 Å². The zero-order valence-corrected chi connectivity index (χ0v) is 17.9. The molecule has 4 aromatic rings. The number of hydrogen-bond donors (Lipinski definition) is 0. The summed E-state index contributed by atoms with van der Waals surface area (Å²) in [5, 5.41) is 3.59. The van der Waals surface area contributed by atoms with Crippen molar-refractivity contribution in [3.8, 4) is 11.3 Å². The summed E-state index contributed by atoms with van der Waals surface area (Å²) in [6.07, 6.45) is 2.10. The van der Waals surface area contributed by atoms with Crippen LogP contribution in [0.15, 0.2) is 47.0 Å². The largest absolute Gasteiger partial charge is 0.437 e. The van der Waals surface area contributed by atoms with Gasteiger partial charge in [-0.15, -0.1) is 0 Å². The van der Waals surface area contributed by atoms with Gasteiger partial charge in [-0.05, 0) is 47.9 Å². The molecule has 3 nitrogen and oxygen atoms in total. The Hall–Kier alpha value is -2.46. The number of furan rings is 1. The average molecular weight is 375 g/mol. The molecule has 4 heteroatoms. The van der Waals surface area contributed by atoms with Gasteiger partial charge in [0.2, 0.25) is 5.71 Å². The summed E-state index contributed by atoms with van der Waals surface area (Å²) < 4.78 is 6.17. The maximum absolute atomic E-state index is 6.17. The summed E-state index contributed by atoms with van der Waals surface area (Å²) in [7, 11) is -1.45. The van der Waals surface area contributed by atoms with Crippen LogP contribution in [-0.4, -0.2) is 18.0 Å². The lowest BCUT2D eigenvalue weighted by molar-refractivity contribution is 0.653. The Balaban J connectivity index is 1.97. The highest BCUT2D eigenvalue weighted by atomic mass is 28.3. The second-order valence-corrected chi connectivity index (χ2v) is 13.7. The maximum Gasteiger partial charge on any atom is 0.227 e. The predicted molar refractivity (Wildman–Crippen MR) is 117 cm³/mol. The Kier molecular flexibility index (Phi) is 4.19. The first-order valence-electron chi connectivity index (χ1n) is 9.55. The highest BCUT2D eigenvalue weighted by Crippen LogP contribution is 2.35. The molecule has 0 amide bonds. The fraction of sp³-hybridized carbons (Fsp3) is 0.304. The van der Waals surface area contributed by atoms with Crippen LogP contribution in [-0.2, 0) is 0 Å². The van der Waals surface area contributed by atoms with Crippen molar-refractivity contribution < 1.29 is 4.42 Å². The second-order valence-electron chi connectivity index (χ2n) is 8.65. The zero-order chi connectivity index (χ0) is 19.3. The van der Waals surface area contributed by atoms with Gasteiger partial charge in [0.25, 0.3) is 0 Å². The van der Waals surface area contributed by atoms with Crippen LogP contribution < -0.4 is 5.19 Å². The number of rotatable bonds is 3. The van der Waals surface area contributed by atoms with Gasteiger partial charge < -0.3 is 4.42 Å². The quantitative estimate of drug-likeness (QED) is 0.412. The Morgan fingerprint density at radius 2 is 1.78 bits per heavy atom. The van der Waals surface area contributed by atoms with E-state index in [2.05, 4.69) is 75.0 Å². The van der Waals surface area contributed by atoms with Crippen molar-refractivity contribution in [2.24, 2.45) is 0 Å². The number of pyridine rings is 2. The summed E-state index contributed by atoms with van der Waals surface area (Å²) in [4.78, 5) is 9.41. The first-order valence-corrected chi connectivity index (χ1v) is 13.1. The number of hydrogen-bond acceptors (Lipinski definition) is 3. The summed E-state index contributed by atoms with van der Waals surface area (Å²) >= 11 is 0. The fourth-order valence-electron chi connectivity index (χ4n) is 3.70. The molecule has 1 aromatic carbocycles. The highest BCUT2D eigenvalue weighted by Gasteiger charge is 2.23. The first kappa shape index (κ1) is 17.9. The van der Waals surface area contributed by atoms with Crippen molar-refractivity contribution in [1.82, 2.24) is 9.97 Å². The molecule has 3 aromatic heterocycles. The van der Waals surface area contributed by atoms with E-state index in [1.165, 1.54) is 10.8 Å². The minimum atomic E-state index is -1.45. The lowest BCUT2D eigenvalue weighted by Gasteiger charge is -2.23. The third-order valence-electron chi connectivity index (χ3n) is 5.15. The van der Waals surface area contributed by atoms with E-state index in [4.69, 9.17) is 9.40 Å². The molecule has 0 bridgehead atoms. The molecule has 0 radical (unpaired) electrons. The average Bonchev–Trinajstić information content (AvgIpc) is 2.97. The molecular weight excluding hydrogens is 348 g/mol. The third kappa shape index (κ3) is 3.08. The molecule has 0 spiro atoms. The fourth-order valence-corrected chi connectivity index (χ4v) is 5.37. The molecule has 0 atom stereocenters. The molecule has 0 aliphatic carbocycles. The van der Waals surface area contributed by atoms with Crippen LogP contribution in [0.5, 0.6) is 0 Å². The molecule has 0 unspecified atom stereocenters. The summed E-state index contributed by atoms with van der Waals surface area (Å²) in [6.45, 7) is 13.6. The third-order valence-corrected chi connectivity index (χ3v) is 7.18. The van der Waals surface area contributed by atoms with Crippen LogP contribution in [0.2, 0.25) is 19.6 Å². The van der Waals surface area contributed by atoms with Crippen molar-refractivity contribution >= 4 is 35.3 Å². The van der Waals surface area contributed by atoms with Gasteiger partial charge in [0.15, 0.2) is 0 Å². The monoisotopic (exact) mass is 374 g/mol. The van der Waals surface area contributed by atoms with E-state index in [1.54, 1.807) is 0 Å². The minimum absolute atomic E-state index is 0.465. The highest BCUT2D eigenvalue weighted by molar-refractivity contribution is 6.89. The number of aryl methyl sites for hydroxylation is 1. The molecule has 0 aliphatic heterocycles. The number of benzene rings is 1. The molecule has 0 saturated carbocycles.